The van der Waals surface area contributed by atoms with Gasteiger partial charge >= 0.3 is 6.03 Å². The first kappa shape index (κ1) is 35.1. The van der Waals surface area contributed by atoms with Crippen molar-refractivity contribution in [3.05, 3.63) is 75.7 Å². The van der Waals surface area contributed by atoms with Crippen LogP contribution in [0.5, 0.6) is 11.6 Å². The Hall–Kier alpha value is -3.74. The Morgan fingerprint density at radius 1 is 1.15 bits per heavy atom. The lowest BCUT2D eigenvalue weighted by molar-refractivity contribution is 0.0996. The van der Waals surface area contributed by atoms with Gasteiger partial charge in [-0.25, -0.2) is 22.6 Å². The van der Waals surface area contributed by atoms with Crippen molar-refractivity contribution < 1.29 is 27.1 Å². The molecule has 0 radical (unpaired) electrons. The van der Waals surface area contributed by atoms with Gasteiger partial charge in [-0.05, 0) is 93.1 Å². The minimum absolute atomic E-state index is 0.0290. The first-order valence-electron chi connectivity index (χ1n) is 15.3. The van der Waals surface area contributed by atoms with Crippen LogP contribution in [0.15, 0.2) is 47.5 Å². The summed E-state index contributed by atoms with van der Waals surface area (Å²) in [5.74, 6) is -0.510. The molecule has 46 heavy (non-hydrogen) atoms. The van der Waals surface area contributed by atoms with Gasteiger partial charge in [0, 0.05) is 31.1 Å². The number of sulfone groups is 1. The zero-order valence-electron chi connectivity index (χ0n) is 26.5. The lowest BCUT2D eigenvalue weighted by Crippen LogP contribution is -2.46. The number of anilines is 1. The Bertz CT molecular complexity index is 1660. The Morgan fingerprint density at radius 3 is 2.39 bits per heavy atom. The number of rotatable bonds is 12. The Balaban J connectivity index is 1.32. The SMILES string of the molecule is CCCCC(NC(=O)Nc1cc(C(N)=O)c(F)cc1Cl)C1CCN(Cc2ccc(Oc3c(C)cc(S(C)(=O)=O)cc3C)nc2)CC1. The third-order valence-electron chi connectivity index (χ3n) is 8.23. The third-order valence-corrected chi connectivity index (χ3v) is 9.63. The van der Waals surface area contributed by atoms with Crippen LogP contribution >= 0.6 is 11.6 Å². The molecule has 13 heteroatoms. The van der Waals surface area contributed by atoms with Gasteiger partial charge in [-0.2, -0.15) is 0 Å². The molecule has 0 aliphatic carbocycles. The van der Waals surface area contributed by atoms with Crippen molar-refractivity contribution >= 4 is 39.1 Å². The summed E-state index contributed by atoms with van der Waals surface area (Å²) >= 11 is 6.11. The van der Waals surface area contributed by atoms with Crippen molar-refractivity contribution in [3.63, 3.8) is 0 Å². The zero-order valence-corrected chi connectivity index (χ0v) is 28.1. The van der Waals surface area contributed by atoms with Gasteiger partial charge < -0.3 is 21.1 Å². The topological polar surface area (TPSA) is 144 Å². The molecule has 1 fully saturated rings. The van der Waals surface area contributed by atoms with Gasteiger partial charge in [0.15, 0.2) is 9.84 Å². The number of likely N-dealkylation sites (tertiary alicyclic amines) is 1. The lowest BCUT2D eigenvalue weighted by atomic mass is 9.86. The molecular formula is C33H41ClFN5O5S. The van der Waals surface area contributed by atoms with E-state index in [2.05, 4.69) is 27.4 Å². The van der Waals surface area contributed by atoms with Crippen LogP contribution in [-0.2, 0) is 16.4 Å². The molecule has 4 rings (SSSR count). The number of aromatic nitrogens is 1. The quantitative estimate of drug-likeness (QED) is 0.202. The van der Waals surface area contributed by atoms with Gasteiger partial charge in [0.2, 0.25) is 5.88 Å². The fourth-order valence-electron chi connectivity index (χ4n) is 5.74. The van der Waals surface area contributed by atoms with Crippen molar-refractivity contribution in [1.29, 1.82) is 0 Å². The highest BCUT2D eigenvalue weighted by Crippen LogP contribution is 2.31. The van der Waals surface area contributed by atoms with Crippen LogP contribution in [0.3, 0.4) is 0 Å². The molecule has 0 spiro atoms. The highest BCUT2D eigenvalue weighted by Gasteiger charge is 2.28. The number of urea groups is 1. The molecule has 1 saturated heterocycles. The van der Waals surface area contributed by atoms with E-state index in [0.29, 0.717) is 11.6 Å². The molecule has 2 aromatic carbocycles. The van der Waals surface area contributed by atoms with E-state index < -0.39 is 27.6 Å². The van der Waals surface area contributed by atoms with Gasteiger partial charge in [0.25, 0.3) is 5.91 Å². The molecule has 1 aromatic heterocycles. The number of hydrogen-bond donors (Lipinski definition) is 3. The van der Waals surface area contributed by atoms with E-state index >= 15 is 0 Å². The Morgan fingerprint density at radius 2 is 1.83 bits per heavy atom. The number of halogens is 2. The number of primary amides is 1. The van der Waals surface area contributed by atoms with E-state index in [1.54, 1.807) is 18.3 Å². The molecule has 3 aromatic rings. The number of piperidine rings is 1. The van der Waals surface area contributed by atoms with Crippen LogP contribution in [-0.4, -0.2) is 55.6 Å². The number of hydrogen-bond acceptors (Lipinski definition) is 7. The summed E-state index contributed by atoms with van der Waals surface area (Å²) in [6, 6.07) is 8.57. The maximum atomic E-state index is 14.0. The Labute approximate surface area is 274 Å². The molecule has 0 saturated carbocycles. The second-order valence-electron chi connectivity index (χ2n) is 11.9. The predicted molar refractivity (Wildman–Crippen MR) is 177 cm³/mol. The number of pyridine rings is 1. The summed E-state index contributed by atoms with van der Waals surface area (Å²) in [5.41, 5.74) is 7.47. The molecule has 248 valence electrons. The minimum atomic E-state index is -3.32. The van der Waals surface area contributed by atoms with Crippen molar-refractivity contribution in [1.82, 2.24) is 15.2 Å². The molecule has 1 unspecified atom stereocenters. The van der Waals surface area contributed by atoms with Crippen LogP contribution < -0.4 is 21.1 Å². The predicted octanol–water partition coefficient (Wildman–Crippen LogP) is 6.38. The van der Waals surface area contributed by atoms with E-state index in [9.17, 15) is 22.4 Å². The smallest absolute Gasteiger partial charge is 0.319 e. The molecule has 1 aliphatic rings. The summed E-state index contributed by atoms with van der Waals surface area (Å²) in [6.07, 6.45) is 7.53. The molecule has 3 amide bonds. The number of nitrogens with zero attached hydrogens (tertiary/aromatic N) is 2. The Kier molecular flexibility index (Phi) is 11.6. The second-order valence-corrected chi connectivity index (χ2v) is 14.3. The van der Waals surface area contributed by atoms with Crippen molar-refractivity contribution in [2.45, 2.75) is 70.4 Å². The number of amides is 3. The maximum Gasteiger partial charge on any atom is 0.319 e. The second kappa shape index (κ2) is 15.2. The molecule has 0 bridgehead atoms. The number of unbranched alkanes of at least 4 members (excludes halogenated alkanes) is 1. The summed E-state index contributed by atoms with van der Waals surface area (Å²) < 4.78 is 43.9. The van der Waals surface area contributed by atoms with Gasteiger partial charge in [0.1, 0.15) is 11.6 Å². The largest absolute Gasteiger partial charge is 0.438 e. The molecule has 1 aliphatic heterocycles. The van der Waals surface area contributed by atoms with Gasteiger partial charge in [0.05, 0.1) is 21.2 Å². The minimum Gasteiger partial charge on any atom is -0.438 e. The monoisotopic (exact) mass is 673 g/mol. The molecule has 10 nitrogen and oxygen atoms in total. The highest BCUT2D eigenvalue weighted by molar-refractivity contribution is 7.90. The summed E-state index contributed by atoms with van der Waals surface area (Å²) in [5, 5.41) is 5.70. The molecule has 4 N–H and O–H groups in total. The fraction of sp³-hybridized carbons (Fsp3) is 0.424. The number of carbonyl (C=O) groups is 2. The number of benzene rings is 2. The first-order valence-corrected chi connectivity index (χ1v) is 17.5. The molecular weight excluding hydrogens is 633 g/mol. The summed E-state index contributed by atoms with van der Waals surface area (Å²) in [4.78, 5) is 31.6. The maximum absolute atomic E-state index is 14.0. The van der Waals surface area contributed by atoms with Crippen LogP contribution in [0.25, 0.3) is 0 Å². The fourth-order valence-corrected chi connectivity index (χ4v) is 6.72. The van der Waals surface area contributed by atoms with Crippen molar-refractivity contribution in [2.24, 2.45) is 11.7 Å². The number of nitrogens with two attached hydrogens (primary N) is 1. The normalized spacial score (nSPS) is 14.9. The number of ether oxygens (including phenoxy) is 1. The first-order chi connectivity index (χ1) is 21.7. The van der Waals surface area contributed by atoms with E-state index in [0.717, 1.165) is 80.6 Å². The van der Waals surface area contributed by atoms with E-state index in [1.165, 1.54) is 6.26 Å². The van der Waals surface area contributed by atoms with E-state index in [4.69, 9.17) is 22.1 Å². The summed E-state index contributed by atoms with van der Waals surface area (Å²) in [7, 11) is -3.32. The van der Waals surface area contributed by atoms with Crippen molar-refractivity contribution in [2.75, 3.05) is 24.7 Å². The highest BCUT2D eigenvalue weighted by atomic mass is 35.5. The third kappa shape index (κ3) is 9.17. The van der Waals surface area contributed by atoms with Crippen LogP contribution in [0.4, 0.5) is 14.9 Å². The lowest BCUT2D eigenvalue weighted by Gasteiger charge is -2.36. The number of carbonyl (C=O) groups excluding carboxylic acids is 2. The zero-order chi connectivity index (χ0) is 33.6. The summed E-state index contributed by atoms with van der Waals surface area (Å²) in [6.45, 7) is 8.15. The standard InChI is InChI=1S/C33H41ClFN5O5S/c1-5-6-7-28(38-33(42)39-29-16-25(32(36)41)27(35)17-26(29)34)23-10-12-40(13-11-23)19-22-8-9-30(37-18-22)45-31-20(2)14-24(15-21(31)3)46(4,43)44/h8-9,14-18,23,28H,5-7,10-13,19H2,1-4H3,(H2,36,41)(H2,38,39,42). The molecule has 1 atom stereocenters. The number of aryl methyl sites for hydroxylation is 2. The van der Waals surface area contributed by atoms with Crippen molar-refractivity contribution in [3.8, 4) is 11.6 Å². The van der Waals surface area contributed by atoms with Crippen LogP contribution in [0.2, 0.25) is 5.02 Å². The molecule has 2 heterocycles. The van der Waals surface area contributed by atoms with Crippen LogP contribution in [0, 0.1) is 25.6 Å². The number of nitrogens with one attached hydrogen (secondary N) is 2. The van der Waals surface area contributed by atoms with E-state index in [-0.39, 0.29) is 33.1 Å². The average molecular weight is 674 g/mol. The van der Waals surface area contributed by atoms with Gasteiger partial charge in [-0.15, -0.1) is 0 Å². The van der Waals surface area contributed by atoms with Gasteiger partial charge in [-0.3, -0.25) is 9.69 Å². The van der Waals surface area contributed by atoms with E-state index in [1.807, 2.05) is 26.0 Å². The van der Waals surface area contributed by atoms with Crippen LogP contribution in [0.1, 0.15) is 66.1 Å². The van der Waals surface area contributed by atoms with Gasteiger partial charge in [-0.1, -0.05) is 37.4 Å². The average Bonchev–Trinajstić information content (AvgIpc) is 2.99.